The molecule has 0 aliphatic heterocycles. The summed E-state index contributed by atoms with van der Waals surface area (Å²) in [5.74, 6) is 1.06. The van der Waals surface area contributed by atoms with Crippen LogP contribution in [0.25, 0.3) is 6.08 Å². The fourth-order valence-electron chi connectivity index (χ4n) is 2.51. The predicted molar refractivity (Wildman–Crippen MR) is 120 cm³/mol. The molecule has 0 heterocycles. The molecule has 0 saturated carbocycles. The van der Waals surface area contributed by atoms with Gasteiger partial charge >= 0.3 is 5.97 Å². The summed E-state index contributed by atoms with van der Waals surface area (Å²) in [4.78, 5) is 11.9. The highest BCUT2D eigenvalue weighted by molar-refractivity contribution is 5.87. The minimum absolute atomic E-state index is 0.290. The fourth-order valence-corrected chi connectivity index (χ4v) is 2.51. The van der Waals surface area contributed by atoms with E-state index in [1.807, 2.05) is 31.2 Å². The van der Waals surface area contributed by atoms with Crippen LogP contribution in [0.2, 0.25) is 0 Å². The van der Waals surface area contributed by atoms with Crippen molar-refractivity contribution in [2.75, 3.05) is 19.8 Å². The molecule has 1 aromatic rings. The van der Waals surface area contributed by atoms with Crippen molar-refractivity contribution in [3.8, 4) is 11.5 Å². The molecule has 0 amide bonds. The lowest BCUT2D eigenvalue weighted by molar-refractivity contribution is -0.136. The van der Waals surface area contributed by atoms with Gasteiger partial charge in [-0.3, -0.25) is 0 Å². The molecule has 0 saturated heterocycles. The van der Waals surface area contributed by atoms with Gasteiger partial charge in [0.2, 0.25) is 0 Å². The van der Waals surface area contributed by atoms with E-state index in [1.54, 1.807) is 6.08 Å². The Morgan fingerprint density at radius 1 is 1.03 bits per heavy atom. The Hall–Kier alpha value is -2.49. The number of carbonyl (C=O) groups is 1. The van der Waals surface area contributed by atoms with Crippen molar-refractivity contribution in [3.63, 3.8) is 0 Å². The van der Waals surface area contributed by atoms with Crippen LogP contribution in [0.4, 0.5) is 0 Å². The van der Waals surface area contributed by atoms with E-state index in [9.17, 15) is 4.79 Å². The first kappa shape index (κ1) is 24.5. The summed E-state index contributed by atoms with van der Waals surface area (Å²) in [6.07, 6.45) is 11.4. The maximum atomic E-state index is 11.9. The number of hydrogen-bond acceptors (Lipinski definition) is 4. The van der Waals surface area contributed by atoms with Crippen molar-refractivity contribution in [2.45, 2.75) is 60.3 Å². The number of benzene rings is 1. The van der Waals surface area contributed by atoms with Crippen LogP contribution in [0.5, 0.6) is 11.5 Å². The number of carbonyl (C=O) groups excluding carboxylic acids is 1. The molecule has 0 aliphatic carbocycles. The summed E-state index contributed by atoms with van der Waals surface area (Å²) < 4.78 is 16.7. The average molecular weight is 401 g/mol. The van der Waals surface area contributed by atoms with Crippen LogP contribution in [-0.4, -0.2) is 25.8 Å². The van der Waals surface area contributed by atoms with Gasteiger partial charge < -0.3 is 14.2 Å². The maximum absolute atomic E-state index is 11.9. The number of esters is 1. The van der Waals surface area contributed by atoms with E-state index in [0.29, 0.717) is 19.0 Å². The minimum Gasteiger partial charge on any atom is -0.490 e. The molecular formula is C25H36O4. The zero-order valence-electron chi connectivity index (χ0n) is 18.6. The molecule has 1 rings (SSSR count). The summed E-state index contributed by atoms with van der Waals surface area (Å²) in [6.45, 7) is 11.8. The normalized spacial score (nSPS) is 11.4. The zero-order chi connectivity index (χ0) is 21.5. The predicted octanol–water partition coefficient (Wildman–Crippen LogP) is 6.51. The smallest absolute Gasteiger partial charge is 0.331 e. The van der Waals surface area contributed by atoms with Gasteiger partial charge in [0.25, 0.3) is 0 Å². The van der Waals surface area contributed by atoms with Crippen molar-refractivity contribution in [2.24, 2.45) is 0 Å². The molecule has 1 aromatic carbocycles. The van der Waals surface area contributed by atoms with Gasteiger partial charge in [-0.1, -0.05) is 36.6 Å². The molecule has 4 nitrogen and oxygen atoms in total. The van der Waals surface area contributed by atoms with E-state index in [1.165, 1.54) is 17.2 Å². The molecule has 0 fully saturated rings. The van der Waals surface area contributed by atoms with Crippen molar-refractivity contribution in [1.82, 2.24) is 0 Å². The maximum Gasteiger partial charge on any atom is 0.331 e. The molecule has 0 aromatic heterocycles. The van der Waals surface area contributed by atoms with Crippen LogP contribution in [0.1, 0.15) is 65.9 Å². The van der Waals surface area contributed by atoms with Crippen LogP contribution in [0.15, 0.2) is 47.6 Å². The number of hydrogen-bond donors (Lipinski definition) is 0. The summed E-state index contributed by atoms with van der Waals surface area (Å²) in [6, 6.07) is 5.66. The summed E-state index contributed by atoms with van der Waals surface area (Å²) in [5, 5.41) is 0. The SMILES string of the molecule is CCCCOc1ccc(C=CC(=O)OCC=C(C)CCC=C(C)C)cc1OCC. The second-order valence-corrected chi connectivity index (χ2v) is 7.18. The van der Waals surface area contributed by atoms with Crippen LogP contribution in [-0.2, 0) is 9.53 Å². The van der Waals surface area contributed by atoms with Gasteiger partial charge in [0.05, 0.1) is 13.2 Å². The first-order valence-corrected chi connectivity index (χ1v) is 10.5. The summed E-state index contributed by atoms with van der Waals surface area (Å²) in [5.41, 5.74) is 3.41. The Morgan fingerprint density at radius 3 is 2.52 bits per heavy atom. The Bertz CT molecular complexity index is 710. The van der Waals surface area contributed by atoms with Gasteiger partial charge in [0.1, 0.15) is 6.61 Å². The zero-order valence-corrected chi connectivity index (χ0v) is 18.6. The second-order valence-electron chi connectivity index (χ2n) is 7.18. The Morgan fingerprint density at radius 2 is 1.83 bits per heavy atom. The monoisotopic (exact) mass is 400 g/mol. The first-order chi connectivity index (χ1) is 14.0. The third-order valence-corrected chi connectivity index (χ3v) is 4.18. The van der Waals surface area contributed by atoms with Gasteiger partial charge in [-0.2, -0.15) is 0 Å². The fraction of sp³-hybridized carbons (Fsp3) is 0.480. The highest BCUT2D eigenvalue weighted by Crippen LogP contribution is 2.29. The van der Waals surface area contributed by atoms with Crippen molar-refractivity contribution in [1.29, 1.82) is 0 Å². The standard InChI is InChI=1S/C25H36O4/c1-6-8-17-28-23-14-12-22(19-24(23)27-7-2)13-15-25(26)29-18-16-21(5)11-9-10-20(3)4/h10,12-16,19H,6-9,11,17-18H2,1-5H3. The summed E-state index contributed by atoms with van der Waals surface area (Å²) in [7, 11) is 0. The van der Waals surface area contributed by atoms with Crippen molar-refractivity contribution >= 4 is 12.0 Å². The minimum atomic E-state index is -0.361. The molecular weight excluding hydrogens is 364 g/mol. The highest BCUT2D eigenvalue weighted by atomic mass is 16.5. The van der Waals surface area contributed by atoms with Gasteiger partial charge in [0.15, 0.2) is 11.5 Å². The van der Waals surface area contributed by atoms with Gasteiger partial charge in [-0.05, 0) is 76.8 Å². The Kier molecular flexibility index (Phi) is 12.3. The molecule has 0 unspecified atom stereocenters. The van der Waals surface area contributed by atoms with Crippen molar-refractivity contribution in [3.05, 3.63) is 53.1 Å². The van der Waals surface area contributed by atoms with E-state index >= 15 is 0 Å². The topological polar surface area (TPSA) is 44.8 Å². The molecule has 0 atom stereocenters. The van der Waals surface area contributed by atoms with Crippen LogP contribution in [0, 0.1) is 0 Å². The van der Waals surface area contributed by atoms with E-state index < -0.39 is 0 Å². The third-order valence-electron chi connectivity index (χ3n) is 4.18. The van der Waals surface area contributed by atoms with Gasteiger partial charge in [-0.25, -0.2) is 4.79 Å². The molecule has 0 radical (unpaired) electrons. The van der Waals surface area contributed by atoms with E-state index in [0.717, 1.165) is 37.0 Å². The number of rotatable bonds is 13. The quantitative estimate of drug-likeness (QED) is 0.164. The van der Waals surface area contributed by atoms with E-state index in [-0.39, 0.29) is 12.6 Å². The lowest BCUT2D eigenvalue weighted by Gasteiger charge is -2.12. The lowest BCUT2D eigenvalue weighted by atomic mass is 10.1. The van der Waals surface area contributed by atoms with Crippen molar-refractivity contribution < 1.29 is 19.0 Å². The molecule has 0 aliphatic rings. The number of unbranched alkanes of at least 4 members (excludes halogenated alkanes) is 1. The third kappa shape index (κ3) is 11.2. The molecule has 4 heteroatoms. The van der Waals surface area contributed by atoms with Crippen LogP contribution >= 0.6 is 0 Å². The molecule has 29 heavy (non-hydrogen) atoms. The van der Waals surface area contributed by atoms with E-state index in [4.69, 9.17) is 14.2 Å². The number of allylic oxidation sites excluding steroid dienone is 3. The first-order valence-electron chi connectivity index (χ1n) is 10.5. The molecule has 160 valence electrons. The largest absolute Gasteiger partial charge is 0.490 e. The molecule has 0 spiro atoms. The molecule has 0 bridgehead atoms. The number of ether oxygens (including phenoxy) is 3. The average Bonchev–Trinajstić information content (AvgIpc) is 2.68. The van der Waals surface area contributed by atoms with E-state index in [2.05, 4.69) is 33.8 Å². The van der Waals surface area contributed by atoms with Gasteiger partial charge in [0, 0.05) is 6.08 Å². The Balaban J connectivity index is 2.57. The summed E-state index contributed by atoms with van der Waals surface area (Å²) >= 11 is 0. The van der Waals surface area contributed by atoms with Crippen LogP contribution < -0.4 is 9.47 Å². The second kappa shape index (κ2) is 14.5. The van der Waals surface area contributed by atoms with Crippen LogP contribution in [0.3, 0.4) is 0 Å². The highest BCUT2D eigenvalue weighted by Gasteiger charge is 2.06. The lowest BCUT2D eigenvalue weighted by Crippen LogP contribution is -2.01. The molecule has 0 N–H and O–H groups in total. The Labute approximate surface area is 176 Å². The van der Waals surface area contributed by atoms with Gasteiger partial charge in [-0.15, -0.1) is 0 Å².